The molecule has 129 valence electrons. The Kier molecular flexibility index (Phi) is 5.28. The van der Waals surface area contributed by atoms with Gasteiger partial charge >= 0.3 is 0 Å². The van der Waals surface area contributed by atoms with Crippen LogP contribution in [0.15, 0.2) is 66.0 Å². The zero-order chi connectivity index (χ0) is 18.5. The van der Waals surface area contributed by atoms with Crippen molar-refractivity contribution in [2.24, 2.45) is 5.92 Å². The molecule has 2 aromatic rings. The molecular formula is C22H19N2O2. The first-order chi connectivity index (χ1) is 12.6. The van der Waals surface area contributed by atoms with Gasteiger partial charge in [0.25, 0.3) is 0 Å². The molecule has 0 spiro atoms. The maximum Gasteiger partial charge on any atom is 0.180 e. The number of Topliss-reactive ketones (excluding diaryl/α,β-unsaturated/α-hetero) is 1. The molecule has 0 saturated heterocycles. The zero-order valence-electron chi connectivity index (χ0n) is 14.6. The Balaban J connectivity index is 1.90. The number of aromatic nitrogens is 1. The number of rotatable bonds is 5. The Morgan fingerprint density at radius 2 is 2.12 bits per heavy atom. The Hall–Kier alpha value is -3.19. The van der Waals surface area contributed by atoms with E-state index >= 15 is 0 Å². The molecule has 0 N–H and O–H groups in total. The normalized spacial score (nSPS) is 16.9. The molecule has 1 unspecified atom stereocenters. The number of aryl methyl sites for hydroxylation is 1. The predicted octanol–water partition coefficient (Wildman–Crippen LogP) is 3.96. The quantitative estimate of drug-likeness (QED) is 0.824. The molecule has 4 heteroatoms. The van der Waals surface area contributed by atoms with E-state index in [1.54, 1.807) is 25.6 Å². The van der Waals surface area contributed by atoms with Crippen LogP contribution in [-0.4, -0.2) is 17.9 Å². The molecule has 26 heavy (non-hydrogen) atoms. The minimum absolute atomic E-state index is 0.227. The molecule has 0 amide bonds. The lowest BCUT2D eigenvalue weighted by molar-refractivity contribution is -0.116. The van der Waals surface area contributed by atoms with Gasteiger partial charge in [-0.2, -0.15) is 5.26 Å². The topological polar surface area (TPSA) is 63.0 Å². The minimum atomic E-state index is -0.827. The fourth-order valence-corrected chi connectivity index (χ4v) is 3.07. The molecular weight excluding hydrogens is 324 g/mol. The predicted molar refractivity (Wildman–Crippen MR) is 100 cm³/mol. The van der Waals surface area contributed by atoms with Gasteiger partial charge in [0.2, 0.25) is 0 Å². The smallest absolute Gasteiger partial charge is 0.180 e. The van der Waals surface area contributed by atoms with Gasteiger partial charge in [-0.25, -0.2) is 0 Å². The molecule has 3 rings (SSSR count). The van der Waals surface area contributed by atoms with Crippen molar-refractivity contribution in [2.45, 2.75) is 12.8 Å². The van der Waals surface area contributed by atoms with Gasteiger partial charge in [-0.05, 0) is 60.2 Å². The molecule has 0 fully saturated rings. The van der Waals surface area contributed by atoms with Crippen molar-refractivity contribution in [3.8, 4) is 11.8 Å². The molecule has 0 bridgehead atoms. The Morgan fingerprint density at radius 1 is 1.27 bits per heavy atom. The van der Waals surface area contributed by atoms with Crippen molar-refractivity contribution in [3.63, 3.8) is 0 Å². The summed E-state index contributed by atoms with van der Waals surface area (Å²) in [5.41, 5.74) is 3.89. The molecule has 1 aromatic heterocycles. The van der Waals surface area contributed by atoms with Crippen molar-refractivity contribution in [3.05, 3.63) is 84.1 Å². The minimum Gasteiger partial charge on any atom is -0.497 e. The van der Waals surface area contributed by atoms with Gasteiger partial charge in [0.05, 0.1) is 13.2 Å². The fraction of sp³-hybridized carbons (Fsp3) is 0.182. The standard InChI is InChI=1S/C22H19N2O2/c1-15-17(9-8-16-5-3-7-19(11-16)26-2)12-20(21(13-23)22(15)25)18-6-4-10-24-14-18/h3-7,10-12,14,21H,1,8-9H2,2H3. The zero-order valence-corrected chi connectivity index (χ0v) is 14.6. The molecule has 0 aliphatic heterocycles. The highest BCUT2D eigenvalue weighted by Crippen LogP contribution is 2.34. The van der Waals surface area contributed by atoms with Crippen molar-refractivity contribution >= 4 is 11.4 Å². The van der Waals surface area contributed by atoms with E-state index in [4.69, 9.17) is 4.74 Å². The van der Waals surface area contributed by atoms with Crippen molar-refractivity contribution in [2.75, 3.05) is 7.11 Å². The summed E-state index contributed by atoms with van der Waals surface area (Å²) in [5, 5.41) is 9.47. The largest absolute Gasteiger partial charge is 0.497 e. The lowest BCUT2D eigenvalue weighted by Crippen LogP contribution is -2.21. The fourth-order valence-electron chi connectivity index (χ4n) is 3.07. The second-order valence-corrected chi connectivity index (χ2v) is 6.12. The van der Waals surface area contributed by atoms with Gasteiger partial charge in [0, 0.05) is 18.0 Å². The first-order valence-electron chi connectivity index (χ1n) is 8.38. The number of allylic oxidation sites excluding steroid dienone is 4. The van der Waals surface area contributed by atoms with E-state index in [2.05, 4.69) is 18.0 Å². The molecule has 0 saturated carbocycles. The van der Waals surface area contributed by atoms with Gasteiger partial charge in [-0.3, -0.25) is 9.78 Å². The first-order valence-corrected chi connectivity index (χ1v) is 8.38. The van der Waals surface area contributed by atoms with Crippen molar-refractivity contribution in [1.82, 2.24) is 4.98 Å². The van der Waals surface area contributed by atoms with Crippen molar-refractivity contribution < 1.29 is 9.53 Å². The summed E-state index contributed by atoms with van der Waals surface area (Å²) in [7, 11) is 1.64. The van der Waals surface area contributed by atoms with Gasteiger partial charge in [0.1, 0.15) is 11.7 Å². The summed E-state index contributed by atoms with van der Waals surface area (Å²) in [6.45, 7) is 3.93. The van der Waals surface area contributed by atoms with Gasteiger partial charge < -0.3 is 4.74 Å². The molecule has 1 aromatic carbocycles. The van der Waals surface area contributed by atoms with Crippen LogP contribution in [0.4, 0.5) is 0 Å². The summed E-state index contributed by atoms with van der Waals surface area (Å²) in [4.78, 5) is 16.7. The highest BCUT2D eigenvalue weighted by Gasteiger charge is 2.30. The average molecular weight is 343 g/mol. The average Bonchev–Trinajstić information content (AvgIpc) is 2.69. The number of benzene rings is 1. The third-order valence-electron chi connectivity index (χ3n) is 4.53. The van der Waals surface area contributed by atoms with E-state index < -0.39 is 5.92 Å². The summed E-state index contributed by atoms with van der Waals surface area (Å²) < 4.78 is 5.25. The maximum atomic E-state index is 12.6. The van der Waals surface area contributed by atoms with E-state index in [1.165, 1.54) is 0 Å². The maximum absolute atomic E-state index is 12.6. The highest BCUT2D eigenvalue weighted by molar-refractivity contribution is 6.10. The number of ether oxygens (including phenoxy) is 1. The second-order valence-electron chi connectivity index (χ2n) is 6.12. The number of ketones is 1. The lowest BCUT2D eigenvalue weighted by Gasteiger charge is -2.21. The first kappa shape index (κ1) is 17.6. The number of nitriles is 1. The molecule has 4 nitrogen and oxygen atoms in total. The van der Waals surface area contributed by atoms with Crippen LogP contribution in [0.5, 0.6) is 5.75 Å². The van der Waals surface area contributed by atoms with Gasteiger partial charge in [0.15, 0.2) is 5.78 Å². The molecule has 1 aliphatic rings. The van der Waals surface area contributed by atoms with Crippen LogP contribution in [-0.2, 0) is 11.2 Å². The van der Waals surface area contributed by atoms with E-state index in [1.807, 2.05) is 36.4 Å². The Labute approximate surface area is 153 Å². The van der Waals surface area contributed by atoms with Gasteiger partial charge in [-0.15, -0.1) is 0 Å². The Morgan fingerprint density at radius 3 is 2.81 bits per heavy atom. The van der Waals surface area contributed by atoms with Crippen LogP contribution in [0.3, 0.4) is 0 Å². The second kappa shape index (κ2) is 7.79. The lowest BCUT2D eigenvalue weighted by atomic mass is 9.79. The summed E-state index contributed by atoms with van der Waals surface area (Å²) in [6, 6.07) is 13.6. The molecule has 1 radical (unpaired) electrons. The number of methoxy groups -OCH3 is 1. The third-order valence-corrected chi connectivity index (χ3v) is 4.53. The number of carbonyl (C=O) groups is 1. The monoisotopic (exact) mass is 343 g/mol. The van der Waals surface area contributed by atoms with E-state index in [-0.39, 0.29) is 5.78 Å². The van der Waals surface area contributed by atoms with Gasteiger partial charge in [-0.1, -0.05) is 24.3 Å². The number of nitrogens with zero attached hydrogens (tertiary/aromatic N) is 2. The Bertz CT molecular complexity index is 921. The van der Waals surface area contributed by atoms with Crippen LogP contribution in [0.25, 0.3) is 5.57 Å². The van der Waals surface area contributed by atoms with Crippen molar-refractivity contribution in [1.29, 1.82) is 5.26 Å². The third kappa shape index (κ3) is 3.57. The number of pyridine rings is 1. The van der Waals surface area contributed by atoms with E-state index in [0.29, 0.717) is 17.6 Å². The van der Waals surface area contributed by atoms with Crippen LogP contribution in [0.2, 0.25) is 0 Å². The molecule has 1 aliphatic carbocycles. The van der Waals surface area contributed by atoms with E-state index in [0.717, 1.165) is 28.9 Å². The number of hydrogen-bond donors (Lipinski definition) is 0. The SMILES string of the molecule is [CH2]C1=C(CCc2cccc(OC)c2)C=C(c2cccnc2)C(C#N)C1=O. The number of carbonyl (C=O) groups excluding carboxylic acids is 1. The number of hydrogen-bond acceptors (Lipinski definition) is 4. The van der Waals surface area contributed by atoms with Crippen LogP contribution in [0, 0.1) is 24.2 Å². The summed E-state index contributed by atoms with van der Waals surface area (Å²) in [5.74, 6) is -0.246. The summed E-state index contributed by atoms with van der Waals surface area (Å²) in [6.07, 6.45) is 6.70. The van der Waals surface area contributed by atoms with Crippen LogP contribution >= 0.6 is 0 Å². The highest BCUT2D eigenvalue weighted by atomic mass is 16.5. The summed E-state index contributed by atoms with van der Waals surface area (Å²) >= 11 is 0. The van der Waals surface area contributed by atoms with E-state index in [9.17, 15) is 10.1 Å². The van der Waals surface area contributed by atoms with Crippen LogP contribution in [0.1, 0.15) is 17.5 Å². The molecule has 1 atom stereocenters. The molecule has 1 heterocycles. The van der Waals surface area contributed by atoms with Crippen LogP contribution < -0.4 is 4.74 Å².